The van der Waals surface area contributed by atoms with Crippen molar-refractivity contribution in [1.82, 2.24) is 10.1 Å². The number of rotatable bonds is 11. The van der Waals surface area contributed by atoms with E-state index in [4.69, 9.17) is 9.11 Å². The van der Waals surface area contributed by atoms with Crippen LogP contribution < -0.4 is 59.1 Å². The van der Waals surface area contributed by atoms with Gasteiger partial charge in [-0.3, -0.25) is 28.3 Å². The molecule has 2 atom stereocenters. The van der Waals surface area contributed by atoms with Crippen LogP contribution in [0.1, 0.15) is 54.2 Å². The number of carbonyl (C=O) groups excluding carboxylic acids is 6. The SMILES string of the molecule is O=C(CCCCCCC(=O)ON1C(=O)CC(S(=O)(=O)O)C1=O)ON1C(=O)CC(S(=O)(=O)O)C1=O.[H-].[H-].[Na+].[Na+]. The van der Waals surface area contributed by atoms with Gasteiger partial charge in [-0.05, 0) is 12.8 Å². The summed E-state index contributed by atoms with van der Waals surface area (Å²) in [6.45, 7) is 0. The maximum absolute atomic E-state index is 11.8. The van der Waals surface area contributed by atoms with E-state index in [9.17, 15) is 45.6 Å². The number of hydroxylamine groups is 4. The average Bonchev–Trinajstić information content (AvgIpc) is 3.15. The molecule has 0 aromatic rings. The Hall–Kier alpha value is -0.960. The summed E-state index contributed by atoms with van der Waals surface area (Å²) in [5.41, 5.74) is 0. The van der Waals surface area contributed by atoms with Crippen molar-refractivity contribution in [2.24, 2.45) is 0 Å². The van der Waals surface area contributed by atoms with Crippen LogP contribution in [0.3, 0.4) is 0 Å². The van der Waals surface area contributed by atoms with Crippen LogP contribution in [0.2, 0.25) is 0 Å². The van der Waals surface area contributed by atoms with E-state index in [2.05, 4.69) is 9.68 Å². The molecule has 2 saturated heterocycles. The summed E-state index contributed by atoms with van der Waals surface area (Å²) in [5, 5.41) is -4.08. The Bertz CT molecular complexity index is 1050. The van der Waals surface area contributed by atoms with Crippen LogP contribution in [0.15, 0.2) is 0 Å². The second-order valence-electron chi connectivity index (χ2n) is 7.31. The Morgan fingerprint density at radius 2 is 1.03 bits per heavy atom. The minimum absolute atomic E-state index is 0. The fourth-order valence-electron chi connectivity index (χ4n) is 3.01. The summed E-state index contributed by atoms with van der Waals surface area (Å²) >= 11 is 0. The molecule has 2 N–H and O–H groups in total. The maximum Gasteiger partial charge on any atom is 1.00 e. The Morgan fingerprint density at radius 3 is 1.28 bits per heavy atom. The van der Waals surface area contributed by atoms with Gasteiger partial charge >= 0.3 is 71.1 Å². The van der Waals surface area contributed by atoms with Gasteiger partial charge in [-0.2, -0.15) is 16.8 Å². The largest absolute Gasteiger partial charge is 1.00 e. The number of hydrogen-bond donors (Lipinski definition) is 2. The fourth-order valence-corrected chi connectivity index (χ4v) is 4.42. The van der Waals surface area contributed by atoms with Crippen molar-refractivity contribution < 1.29 is 126 Å². The molecule has 2 heterocycles. The molecule has 16 nitrogen and oxygen atoms in total. The van der Waals surface area contributed by atoms with Crippen LogP contribution >= 0.6 is 0 Å². The Labute approximate surface area is 252 Å². The number of nitrogens with zero attached hydrogens (tertiary/aromatic N) is 2. The summed E-state index contributed by atoms with van der Waals surface area (Å²) in [4.78, 5) is 79.4. The molecular formula is C16H22N2Na2O14S2. The molecule has 2 fully saturated rings. The van der Waals surface area contributed by atoms with Crippen molar-refractivity contribution in [3.05, 3.63) is 0 Å². The van der Waals surface area contributed by atoms with E-state index in [-0.39, 0.29) is 97.8 Å². The third kappa shape index (κ3) is 9.41. The monoisotopic (exact) mass is 576 g/mol. The van der Waals surface area contributed by atoms with E-state index < -0.39 is 79.1 Å². The van der Waals surface area contributed by atoms with Gasteiger partial charge in [0.1, 0.15) is 0 Å². The van der Waals surface area contributed by atoms with Crippen LogP contribution in [-0.4, -0.2) is 82.1 Å². The number of amides is 4. The van der Waals surface area contributed by atoms with E-state index in [1.54, 1.807) is 0 Å². The predicted molar refractivity (Wildman–Crippen MR) is 106 cm³/mol. The molecule has 2 aliphatic rings. The summed E-state index contributed by atoms with van der Waals surface area (Å²) < 4.78 is 61.9. The maximum atomic E-state index is 11.8. The molecule has 194 valence electrons. The van der Waals surface area contributed by atoms with E-state index >= 15 is 0 Å². The summed E-state index contributed by atoms with van der Waals surface area (Å²) in [6.07, 6.45) is -1.10. The molecular weight excluding hydrogens is 554 g/mol. The first-order chi connectivity index (χ1) is 15.6. The molecule has 2 unspecified atom stereocenters. The third-order valence-electron chi connectivity index (χ3n) is 4.74. The van der Waals surface area contributed by atoms with E-state index in [1.807, 2.05) is 0 Å². The molecule has 2 aliphatic heterocycles. The second kappa shape index (κ2) is 14.3. The third-order valence-corrected chi connectivity index (χ3v) is 6.92. The Morgan fingerprint density at radius 1 is 0.722 bits per heavy atom. The first kappa shape index (κ1) is 35.0. The Kier molecular flexibility index (Phi) is 13.9. The van der Waals surface area contributed by atoms with Gasteiger partial charge < -0.3 is 12.5 Å². The van der Waals surface area contributed by atoms with Gasteiger partial charge in [0.2, 0.25) is 0 Å². The van der Waals surface area contributed by atoms with Crippen LogP contribution in [0.25, 0.3) is 0 Å². The molecule has 2 rings (SSSR count). The molecule has 36 heavy (non-hydrogen) atoms. The van der Waals surface area contributed by atoms with E-state index in [1.165, 1.54) is 0 Å². The van der Waals surface area contributed by atoms with Gasteiger partial charge in [-0.15, -0.1) is 10.1 Å². The van der Waals surface area contributed by atoms with Crippen molar-refractivity contribution in [2.75, 3.05) is 0 Å². The Balaban J connectivity index is -0.00000306. The topological polar surface area (TPSA) is 236 Å². The fraction of sp³-hybridized carbons (Fsp3) is 0.625. The smallest absolute Gasteiger partial charge is 1.00 e. The number of unbranched alkanes of at least 4 members (excludes halogenated alkanes) is 3. The van der Waals surface area contributed by atoms with Crippen molar-refractivity contribution in [1.29, 1.82) is 0 Å². The summed E-state index contributed by atoms with van der Waals surface area (Å²) in [7, 11) is -9.66. The number of carbonyl (C=O) groups is 6. The van der Waals surface area contributed by atoms with Gasteiger partial charge in [0.15, 0.2) is 10.5 Å². The van der Waals surface area contributed by atoms with Crippen molar-refractivity contribution in [3.8, 4) is 0 Å². The molecule has 0 aromatic heterocycles. The van der Waals surface area contributed by atoms with E-state index in [0.29, 0.717) is 12.8 Å². The molecule has 0 aliphatic carbocycles. The zero-order chi connectivity index (χ0) is 25.8. The van der Waals surface area contributed by atoms with Gasteiger partial charge in [0.05, 0.1) is 12.8 Å². The minimum atomic E-state index is -4.83. The molecule has 0 saturated carbocycles. The molecule has 20 heteroatoms. The molecule has 0 aromatic carbocycles. The zero-order valence-electron chi connectivity index (χ0n) is 21.3. The molecule has 0 spiro atoms. The number of hydrogen-bond acceptors (Lipinski definition) is 12. The van der Waals surface area contributed by atoms with Crippen molar-refractivity contribution in [3.63, 3.8) is 0 Å². The van der Waals surface area contributed by atoms with Crippen molar-refractivity contribution in [2.45, 2.75) is 61.9 Å². The van der Waals surface area contributed by atoms with Crippen LogP contribution in [0, 0.1) is 0 Å². The zero-order valence-corrected chi connectivity index (χ0v) is 24.9. The predicted octanol–water partition coefficient (Wildman–Crippen LogP) is -7.49. The van der Waals surface area contributed by atoms with Crippen LogP contribution in [0.5, 0.6) is 0 Å². The van der Waals surface area contributed by atoms with Crippen molar-refractivity contribution >= 4 is 55.8 Å². The molecule has 0 bridgehead atoms. The first-order valence-electron chi connectivity index (χ1n) is 9.70. The van der Waals surface area contributed by atoms with E-state index in [0.717, 1.165) is 0 Å². The van der Waals surface area contributed by atoms with Crippen LogP contribution in [-0.2, 0) is 58.7 Å². The van der Waals surface area contributed by atoms with Gasteiger partial charge in [0, 0.05) is 12.8 Å². The van der Waals surface area contributed by atoms with Gasteiger partial charge in [-0.25, -0.2) is 9.59 Å². The van der Waals surface area contributed by atoms with Crippen LogP contribution in [0.4, 0.5) is 0 Å². The van der Waals surface area contributed by atoms with Gasteiger partial charge in [-0.1, -0.05) is 12.8 Å². The molecule has 4 amide bonds. The molecule has 0 radical (unpaired) electrons. The normalized spacial score (nSPS) is 20.2. The quantitative estimate of drug-likeness (QED) is 0.101. The first-order valence-corrected chi connectivity index (χ1v) is 12.7. The van der Waals surface area contributed by atoms with Gasteiger partial charge in [0.25, 0.3) is 43.9 Å². The summed E-state index contributed by atoms with van der Waals surface area (Å²) in [6, 6.07) is 0. The summed E-state index contributed by atoms with van der Waals surface area (Å²) in [5.74, 6) is -6.96. The standard InChI is InChI=1S/C16H20N2O14S2.2Na.2H/c19-11-7-9(33(25,26)27)15(23)17(11)31-13(21)5-3-1-2-4-6-14(22)32-18-12(20)8-10(16(18)24)34(28,29)30;;;;/h9-10H,1-8H2,(H,25,26,27)(H,28,29,30);;;;/q;2*+1;2*-1. The second-order valence-corrected chi connectivity index (χ2v) is 10.5. The number of imide groups is 2. The average molecular weight is 576 g/mol. The minimum Gasteiger partial charge on any atom is -1.00 e.